The Hall–Kier alpha value is -3.64. The van der Waals surface area contributed by atoms with E-state index in [1.165, 1.54) is 21.7 Å². The summed E-state index contributed by atoms with van der Waals surface area (Å²) in [6, 6.07) is 22.6. The van der Waals surface area contributed by atoms with E-state index in [-0.39, 0.29) is 47.9 Å². The van der Waals surface area contributed by atoms with Crippen LogP contribution in [0.25, 0.3) is 53.7 Å². The molecule has 50 heavy (non-hydrogen) atoms. The second kappa shape index (κ2) is 15.7. The van der Waals surface area contributed by atoms with Crippen molar-refractivity contribution in [1.29, 1.82) is 0 Å². The molecule has 6 rings (SSSR count). The van der Waals surface area contributed by atoms with Crippen LogP contribution >= 0.6 is 11.3 Å². The number of aliphatic hydroxyl groups is 1. The van der Waals surface area contributed by atoms with Gasteiger partial charge in [0.2, 0.25) is 0 Å². The van der Waals surface area contributed by atoms with Crippen molar-refractivity contribution in [3.05, 3.63) is 96.7 Å². The van der Waals surface area contributed by atoms with Crippen LogP contribution in [0.15, 0.2) is 89.5 Å². The van der Waals surface area contributed by atoms with Crippen molar-refractivity contribution in [2.45, 2.75) is 93.4 Å². The van der Waals surface area contributed by atoms with Crippen LogP contribution in [0.1, 0.15) is 93.6 Å². The molecule has 0 saturated heterocycles. The Bertz CT molecular complexity index is 2130. The monoisotopic (exact) mass is 866 g/mol. The maximum Gasteiger partial charge on any atom is 0.164 e. The number of furan rings is 1. The van der Waals surface area contributed by atoms with E-state index in [9.17, 15) is 9.90 Å². The predicted molar refractivity (Wildman–Crippen MR) is 206 cm³/mol. The number of carbonyl (C=O) groups is 1. The molecule has 0 aliphatic heterocycles. The fraction of sp³-hybridized carbons (Fsp3) is 0.372. The van der Waals surface area contributed by atoms with Gasteiger partial charge >= 0.3 is 0 Å². The third-order valence-electron chi connectivity index (χ3n) is 10.5. The number of aromatic nitrogens is 2. The van der Waals surface area contributed by atoms with Gasteiger partial charge in [-0.3, -0.25) is 14.8 Å². The summed E-state index contributed by atoms with van der Waals surface area (Å²) in [6.07, 6.45) is 10.2. The quantitative estimate of drug-likeness (QED) is 0.0890. The summed E-state index contributed by atoms with van der Waals surface area (Å²) in [5, 5.41) is 14.6. The Morgan fingerprint density at radius 3 is 2.22 bits per heavy atom. The van der Waals surface area contributed by atoms with E-state index in [1.54, 1.807) is 17.6 Å². The Morgan fingerprint density at radius 1 is 0.880 bits per heavy atom. The molecule has 5 nitrogen and oxygen atoms in total. The number of allylic oxidation sites excluding steroid dienone is 2. The number of carbonyl (C=O) groups excluding carboxylic acids is 1. The van der Waals surface area contributed by atoms with Crippen molar-refractivity contribution in [3.8, 4) is 21.8 Å². The van der Waals surface area contributed by atoms with Crippen molar-refractivity contribution in [1.82, 2.24) is 9.97 Å². The van der Waals surface area contributed by atoms with E-state index < -0.39 is 0 Å². The van der Waals surface area contributed by atoms with Crippen LogP contribution in [0.5, 0.6) is 0 Å². The van der Waals surface area contributed by atoms with Crippen LogP contribution in [0, 0.1) is 16.9 Å². The summed E-state index contributed by atoms with van der Waals surface area (Å²) < 4.78 is 6.77. The van der Waals surface area contributed by atoms with Crippen LogP contribution in [-0.2, 0) is 30.3 Å². The molecule has 0 amide bonds. The number of aliphatic hydroxyl groups excluding tert-OH is 1. The summed E-state index contributed by atoms with van der Waals surface area (Å²) in [5.41, 5.74) is 4.47. The van der Waals surface area contributed by atoms with Crippen LogP contribution in [0.2, 0.25) is 0 Å². The van der Waals surface area contributed by atoms with Gasteiger partial charge in [-0.05, 0) is 54.7 Å². The van der Waals surface area contributed by atoms with Crippen LogP contribution in [0.3, 0.4) is 0 Å². The number of rotatable bonds is 9. The molecule has 1 radical (unpaired) electrons. The molecule has 0 spiro atoms. The van der Waals surface area contributed by atoms with E-state index in [1.807, 2.05) is 66.1 Å². The molecule has 0 fully saturated rings. The van der Waals surface area contributed by atoms with E-state index in [0.717, 1.165) is 69.3 Å². The van der Waals surface area contributed by atoms with Gasteiger partial charge in [0.05, 0.1) is 16.8 Å². The zero-order valence-corrected chi connectivity index (χ0v) is 33.9. The summed E-state index contributed by atoms with van der Waals surface area (Å²) >= 11 is 1.73. The second-order valence-electron chi connectivity index (χ2n) is 14.5. The van der Waals surface area contributed by atoms with Crippen LogP contribution < -0.4 is 0 Å². The number of benzene rings is 2. The van der Waals surface area contributed by atoms with Crippen molar-refractivity contribution in [2.24, 2.45) is 10.8 Å². The van der Waals surface area contributed by atoms with E-state index in [4.69, 9.17) is 9.40 Å². The third-order valence-corrected chi connectivity index (χ3v) is 11.6. The fourth-order valence-electron chi connectivity index (χ4n) is 5.96. The van der Waals surface area contributed by atoms with Crippen molar-refractivity contribution in [3.63, 3.8) is 0 Å². The predicted octanol–water partition coefficient (Wildman–Crippen LogP) is 12.7. The number of hydrogen-bond acceptors (Lipinski definition) is 6. The molecule has 0 atom stereocenters. The molecular formula is C43H49IrN2O3S-. The van der Waals surface area contributed by atoms with Gasteiger partial charge < -0.3 is 9.52 Å². The smallest absolute Gasteiger partial charge is 0.164 e. The maximum atomic E-state index is 12.2. The molecule has 0 aliphatic carbocycles. The second-order valence-corrected chi connectivity index (χ2v) is 15.6. The topological polar surface area (TPSA) is 76.2 Å². The molecule has 2 aromatic carbocycles. The zero-order valence-electron chi connectivity index (χ0n) is 30.7. The van der Waals surface area contributed by atoms with Gasteiger partial charge in [-0.15, -0.1) is 40.5 Å². The minimum absolute atomic E-state index is 0. The third kappa shape index (κ3) is 7.96. The zero-order chi connectivity index (χ0) is 35.6. The maximum absolute atomic E-state index is 12.2. The van der Waals surface area contributed by atoms with Gasteiger partial charge in [-0.1, -0.05) is 91.5 Å². The molecule has 4 aromatic heterocycles. The molecule has 0 unspecified atom stereocenters. The van der Waals surface area contributed by atoms with Gasteiger partial charge in [0.15, 0.2) is 5.78 Å². The summed E-state index contributed by atoms with van der Waals surface area (Å²) in [7, 11) is 0. The first-order valence-electron chi connectivity index (χ1n) is 17.4. The molecule has 0 saturated carbocycles. The van der Waals surface area contributed by atoms with Crippen molar-refractivity contribution in [2.75, 3.05) is 0 Å². The Balaban J connectivity index is 0.000000269. The number of thiophene rings is 1. The number of hydrogen-bond donors (Lipinski definition) is 1. The molecule has 0 bridgehead atoms. The Morgan fingerprint density at radius 2 is 1.56 bits per heavy atom. The Labute approximate surface area is 314 Å². The van der Waals surface area contributed by atoms with Gasteiger partial charge in [0.25, 0.3) is 0 Å². The molecule has 265 valence electrons. The van der Waals surface area contributed by atoms with Crippen LogP contribution in [0.4, 0.5) is 0 Å². The van der Waals surface area contributed by atoms with E-state index in [2.05, 4.69) is 74.3 Å². The number of nitrogens with zero attached hydrogens (tertiary/aromatic N) is 2. The first-order chi connectivity index (χ1) is 23.3. The first-order valence-corrected chi connectivity index (χ1v) is 18.2. The summed E-state index contributed by atoms with van der Waals surface area (Å²) in [4.78, 5) is 22.7. The van der Waals surface area contributed by atoms with E-state index >= 15 is 0 Å². The summed E-state index contributed by atoms with van der Waals surface area (Å²) in [5.74, 6) is 0.286. The molecule has 4 heterocycles. The average Bonchev–Trinajstić information content (AvgIpc) is 3.77. The van der Waals surface area contributed by atoms with Gasteiger partial charge in [0.1, 0.15) is 11.3 Å². The van der Waals surface area contributed by atoms with E-state index in [0.29, 0.717) is 0 Å². The van der Waals surface area contributed by atoms with Gasteiger partial charge in [-0.25, -0.2) is 0 Å². The van der Waals surface area contributed by atoms with Gasteiger partial charge in [-0.2, -0.15) is 0 Å². The molecule has 0 aliphatic rings. The molecule has 1 N–H and O–H groups in total. The fourth-order valence-corrected chi connectivity index (χ4v) is 6.98. The van der Waals surface area contributed by atoms with Gasteiger partial charge in [0, 0.05) is 71.3 Å². The Kier molecular flexibility index (Phi) is 12.3. The van der Waals surface area contributed by atoms with Crippen LogP contribution in [-0.4, -0.2) is 20.9 Å². The summed E-state index contributed by atoms with van der Waals surface area (Å²) in [6.45, 7) is 18.9. The molecule has 7 heteroatoms. The number of fused-ring (bicyclic) bond motifs is 3. The largest absolute Gasteiger partial charge is 0.512 e. The molecular weight excluding hydrogens is 817 g/mol. The molecule has 6 aromatic rings. The SMILES string of the molecule is CC(C)(C)c1cc(-c2nccc3sc(-c4cc5occc5cn4)cc23)[c-]c2ccccc12.CCC(C)(CC)C(=O)/C=C(\O)C(C)(CC)CC.[Ir]. The van der Waals surface area contributed by atoms with Crippen molar-refractivity contribution >= 4 is 48.9 Å². The standard InChI is InChI=1S/C28H21N2OS.C15H28O2.Ir/c1-28(2,3)22-13-19(12-17-6-4-5-7-20(17)22)27-21-14-26(32-25(21)8-10-29-27)23-15-24-18(16-30-23)9-11-31-24;1-7-14(5,8-2)12(16)11-13(17)15(6,9-3)10-4;/h4-11,13-16H,1-3H3;11,16H,7-10H2,1-6H3;/q-1;;/b;12-11-;. The minimum atomic E-state index is -0.337. The number of ketones is 1. The number of pyridine rings is 2. The first kappa shape index (κ1) is 39.2. The normalized spacial score (nSPS) is 12.5. The minimum Gasteiger partial charge on any atom is -0.512 e. The van der Waals surface area contributed by atoms with Crippen molar-refractivity contribution < 1.29 is 34.4 Å². The average molecular weight is 866 g/mol.